The number of benzene rings is 2. The van der Waals surface area contributed by atoms with Gasteiger partial charge in [-0.2, -0.15) is 30.7 Å². The molecule has 0 saturated carbocycles. The summed E-state index contributed by atoms with van der Waals surface area (Å²) >= 11 is 5.28. The fourth-order valence-electron chi connectivity index (χ4n) is 2.13. The monoisotopic (exact) mass is 577 g/mol. The molecular weight excluding hydrogens is 575 g/mol. The Bertz CT molecular complexity index is 1070. The van der Waals surface area contributed by atoms with Crippen molar-refractivity contribution in [3.05, 3.63) is 50.9 Å². The van der Waals surface area contributed by atoms with Crippen molar-refractivity contribution < 1.29 is 47.9 Å². The van der Waals surface area contributed by atoms with Gasteiger partial charge in [0.25, 0.3) is 9.84 Å². The maximum atomic E-state index is 14.1. The van der Waals surface area contributed by atoms with E-state index in [0.717, 1.165) is 6.07 Å². The van der Waals surface area contributed by atoms with Crippen LogP contribution in [-0.2, 0) is 9.84 Å². The van der Waals surface area contributed by atoms with Crippen molar-refractivity contribution in [1.82, 2.24) is 0 Å². The molecule has 29 heavy (non-hydrogen) atoms. The van der Waals surface area contributed by atoms with Crippen LogP contribution in [0.2, 0.25) is 0 Å². The van der Waals surface area contributed by atoms with Crippen LogP contribution in [0.25, 0.3) is 11.1 Å². The Labute approximate surface area is 173 Å². The average Bonchev–Trinajstić information content (AvgIpc) is 2.56. The maximum Gasteiger partial charge on any atom is 0.461 e. The summed E-state index contributed by atoms with van der Waals surface area (Å²) < 4.78 is 143. The van der Waals surface area contributed by atoms with Crippen LogP contribution in [0.1, 0.15) is 0 Å². The molecule has 0 aliphatic rings. The fraction of sp³-hybridized carbons (Fsp3) is 0.200. The predicted molar refractivity (Wildman–Crippen MR) is 89.2 cm³/mol. The highest BCUT2D eigenvalue weighted by molar-refractivity contribution is 9.11. The first-order valence-electron chi connectivity index (χ1n) is 6.89. The predicted octanol–water partition coefficient (Wildman–Crippen LogP) is 6.52. The molecule has 0 aromatic heterocycles. The molecule has 14 heteroatoms. The van der Waals surface area contributed by atoms with Crippen molar-refractivity contribution in [2.45, 2.75) is 22.2 Å². The van der Waals surface area contributed by atoms with Crippen LogP contribution in [-0.4, -0.2) is 25.8 Å². The standard InChI is InChI=1S/C15H4Br2F9O2S/c16-6-4-8(17)11(7-2-1-3-9(18)12(7)19)10(5-6)29(27,28)15(25,26)13(20,21)14(22,23)24/h1-3,5H. The average molecular weight is 579 g/mol. The highest BCUT2D eigenvalue weighted by Gasteiger charge is 2.78. The molecule has 0 aliphatic heterocycles. The van der Waals surface area contributed by atoms with Gasteiger partial charge in [-0.25, -0.2) is 17.2 Å². The van der Waals surface area contributed by atoms with E-state index in [1.165, 1.54) is 0 Å². The van der Waals surface area contributed by atoms with Gasteiger partial charge >= 0.3 is 17.4 Å². The second-order valence-electron chi connectivity index (χ2n) is 5.36. The second-order valence-corrected chi connectivity index (χ2v) is 8.97. The zero-order valence-corrected chi connectivity index (χ0v) is 17.2. The minimum Gasteiger partial charge on any atom is -0.217 e. The third-order valence-corrected chi connectivity index (χ3v) is 6.38. The van der Waals surface area contributed by atoms with Crippen molar-refractivity contribution in [3.8, 4) is 11.1 Å². The summed E-state index contributed by atoms with van der Waals surface area (Å²) in [6, 6.07) is 4.59. The summed E-state index contributed by atoms with van der Waals surface area (Å²) in [6.07, 6.45) is -6.93. The topological polar surface area (TPSA) is 34.1 Å². The van der Waals surface area contributed by atoms with Gasteiger partial charge in [-0.15, -0.1) is 0 Å². The highest BCUT2D eigenvalue weighted by Crippen LogP contribution is 2.52. The van der Waals surface area contributed by atoms with Gasteiger partial charge in [-0.3, -0.25) is 0 Å². The normalized spacial score (nSPS) is 13.6. The number of hydrogen-bond acceptors (Lipinski definition) is 2. The Morgan fingerprint density at radius 1 is 0.931 bits per heavy atom. The van der Waals surface area contributed by atoms with E-state index in [-0.39, 0.29) is 6.07 Å². The Hall–Kier alpha value is -1.28. The van der Waals surface area contributed by atoms with Crippen molar-refractivity contribution >= 4 is 41.7 Å². The smallest absolute Gasteiger partial charge is 0.217 e. The molecule has 2 nitrogen and oxygen atoms in total. The van der Waals surface area contributed by atoms with Crippen molar-refractivity contribution in [1.29, 1.82) is 0 Å². The molecule has 2 rings (SSSR count). The van der Waals surface area contributed by atoms with E-state index in [9.17, 15) is 47.9 Å². The van der Waals surface area contributed by atoms with Crippen molar-refractivity contribution in [3.63, 3.8) is 0 Å². The molecule has 0 fully saturated rings. The lowest BCUT2D eigenvalue weighted by Gasteiger charge is -2.28. The quantitative estimate of drug-likeness (QED) is 0.387. The summed E-state index contributed by atoms with van der Waals surface area (Å²) in [4.78, 5) is -1.81. The zero-order valence-electron chi connectivity index (χ0n) is 13.2. The number of sulfone groups is 1. The summed E-state index contributed by atoms with van der Waals surface area (Å²) in [7, 11) is -6.81. The Morgan fingerprint density at radius 2 is 1.48 bits per heavy atom. The minimum absolute atomic E-state index is 0.222. The molecule has 0 aliphatic carbocycles. The van der Waals surface area contributed by atoms with Gasteiger partial charge in [-0.1, -0.05) is 28.1 Å². The molecule has 0 spiro atoms. The van der Waals surface area contributed by atoms with Gasteiger partial charge in [0.05, 0.1) is 4.90 Å². The van der Waals surface area contributed by atoms with E-state index in [1.807, 2.05) is 0 Å². The summed E-state index contributed by atoms with van der Waals surface area (Å²) in [5, 5.41) is -6.68. The van der Waals surface area contributed by atoms with Gasteiger partial charge in [-0.05, 0) is 28.1 Å². The first-order chi connectivity index (χ1) is 13.0. The van der Waals surface area contributed by atoms with Crippen LogP contribution in [0, 0.1) is 17.7 Å². The molecule has 0 amide bonds. The largest absolute Gasteiger partial charge is 0.461 e. The third kappa shape index (κ3) is 3.78. The number of halogens is 11. The lowest BCUT2D eigenvalue weighted by atomic mass is 10.0. The molecule has 0 N–H and O–H groups in total. The van der Waals surface area contributed by atoms with Crippen molar-refractivity contribution in [2.24, 2.45) is 0 Å². The summed E-state index contributed by atoms with van der Waals surface area (Å²) in [5.41, 5.74) is -2.12. The Morgan fingerprint density at radius 3 is 2.00 bits per heavy atom. The van der Waals surface area contributed by atoms with Crippen LogP contribution in [0.15, 0.2) is 38.1 Å². The molecular formula is C15H4Br2F9O2S. The third-order valence-electron chi connectivity index (χ3n) is 3.52. The molecule has 0 heterocycles. The molecule has 2 aromatic rings. The zero-order chi connectivity index (χ0) is 22.6. The van der Waals surface area contributed by atoms with E-state index < -0.39 is 63.8 Å². The number of hydrogen-bond donors (Lipinski definition) is 0. The van der Waals surface area contributed by atoms with E-state index in [0.29, 0.717) is 12.1 Å². The molecule has 159 valence electrons. The number of rotatable bonds is 4. The first-order valence-corrected chi connectivity index (χ1v) is 9.96. The van der Waals surface area contributed by atoms with Crippen LogP contribution in [0.4, 0.5) is 39.5 Å². The summed E-state index contributed by atoms with van der Waals surface area (Å²) in [6.45, 7) is 0. The lowest BCUT2D eigenvalue weighted by Crippen LogP contribution is -2.56. The van der Waals surface area contributed by atoms with Gasteiger partial charge in [0.15, 0.2) is 11.6 Å². The molecule has 0 unspecified atom stereocenters. The second kappa shape index (κ2) is 7.45. The van der Waals surface area contributed by atoms with Gasteiger partial charge < -0.3 is 0 Å². The molecule has 0 saturated heterocycles. The van der Waals surface area contributed by atoms with E-state index in [4.69, 9.17) is 0 Å². The molecule has 2 aromatic carbocycles. The van der Waals surface area contributed by atoms with Crippen LogP contribution in [0.3, 0.4) is 0 Å². The molecule has 0 atom stereocenters. The van der Waals surface area contributed by atoms with Crippen LogP contribution < -0.4 is 0 Å². The van der Waals surface area contributed by atoms with Crippen LogP contribution in [0.5, 0.6) is 0 Å². The minimum atomic E-state index is -6.99. The Balaban J connectivity index is 2.93. The molecule has 0 bridgehead atoms. The van der Waals surface area contributed by atoms with Crippen molar-refractivity contribution in [2.75, 3.05) is 0 Å². The fourth-order valence-corrected chi connectivity index (χ4v) is 5.23. The summed E-state index contributed by atoms with van der Waals surface area (Å²) in [5.74, 6) is -10.3. The van der Waals surface area contributed by atoms with Gasteiger partial charge in [0, 0.05) is 26.1 Å². The van der Waals surface area contributed by atoms with Gasteiger partial charge in [0.2, 0.25) is 0 Å². The highest BCUT2D eigenvalue weighted by atomic mass is 79.9. The van der Waals surface area contributed by atoms with E-state index >= 15 is 0 Å². The Kier molecular flexibility index (Phi) is 6.16. The SMILES string of the molecule is O=S(=O)(c1cc(Br)[c]c(Br)c1-c1cccc(F)c1F)C(F)(F)C(F)(F)C(F)(F)F. The van der Waals surface area contributed by atoms with E-state index in [1.54, 1.807) is 0 Å². The first kappa shape index (κ1) is 24.0. The number of alkyl halides is 7. The van der Waals surface area contributed by atoms with E-state index in [2.05, 4.69) is 37.9 Å². The lowest BCUT2D eigenvalue weighted by molar-refractivity contribution is -0.332. The molecule has 1 radical (unpaired) electrons. The maximum absolute atomic E-state index is 14.1. The van der Waals surface area contributed by atoms with Crippen LogP contribution >= 0.6 is 31.9 Å². The van der Waals surface area contributed by atoms with Gasteiger partial charge in [0.1, 0.15) is 0 Å².